The summed E-state index contributed by atoms with van der Waals surface area (Å²) in [6, 6.07) is 10.2. The summed E-state index contributed by atoms with van der Waals surface area (Å²) >= 11 is 0. The Hall–Kier alpha value is -1.81. The smallest absolute Gasteiger partial charge is 0.136 e. The van der Waals surface area contributed by atoms with Crippen LogP contribution in [0.15, 0.2) is 30.3 Å². The first-order valence-corrected chi connectivity index (χ1v) is 7.59. The number of anilines is 1. The minimum Gasteiger partial charge on any atom is -0.359 e. The van der Waals surface area contributed by atoms with E-state index in [2.05, 4.69) is 37.9 Å². The number of nitrogens with zero attached hydrogens (tertiary/aromatic N) is 3. The van der Waals surface area contributed by atoms with Gasteiger partial charge in [-0.2, -0.15) is 5.10 Å². The van der Waals surface area contributed by atoms with Crippen molar-refractivity contribution in [1.29, 1.82) is 0 Å². The van der Waals surface area contributed by atoms with E-state index in [-0.39, 0.29) is 0 Å². The SMILES string of the molecule is Cc1nn(-c2ccccc2)c(N(C)CCC(C)C)c1CN. The Morgan fingerprint density at radius 1 is 1.24 bits per heavy atom. The van der Waals surface area contributed by atoms with Crippen molar-refractivity contribution < 1.29 is 0 Å². The Morgan fingerprint density at radius 2 is 1.90 bits per heavy atom. The van der Waals surface area contributed by atoms with Crippen molar-refractivity contribution in [2.45, 2.75) is 33.7 Å². The summed E-state index contributed by atoms with van der Waals surface area (Å²) in [5.41, 5.74) is 9.17. The van der Waals surface area contributed by atoms with Gasteiger partial charge in [0.25, 0.3) is 0 Å². The molecule has 1 heterocycles. The molecule has 0 bridgehead atoms. The minimum absolute atomic E-state index is 0.514. The average molecular weight is 286 g/mol. The highest BCUT2D eigenvalue weighted by molar-refractivity contribution is 5.54. The number of aryl methyl sites for hydroxylation is 1. The van der Waals surface area contributed by atoms with Gasteiger partial charge in [-0.05, 0) is 31.4 Å². The molecule has 0 fully saturated rings. The normalized spacial score (nSPS) is 11.1. The molecule has 1 aromatic carbocycles. The fraction of sp³-hybridized carbons (Fsp3) is 0.471. The second-order valence-electron chi connectivity index (χ2n) is 5.94. The molecule has 0 saturated carbocycles. The van der Waals surface area contributed by atoms with Gasteiger partial charge in [-0.15, -0.1) is 0 Å². The van der Waals surface area contributed by atoms with Gasteiger partial charge in [0, 0.05) is 25.7 Å². The fourth-order valence-corrected chi connectivity index (χ4v) is 2.49. The van der Waals surface area contributed by atoms with Crippen LogP contribution in [0.2, 0.25) is 0 Å². The van der Waals surface area contributed by atoms with Crippen molar-refractivity contribution in [2.75, 3.05) is 18.5 Å². The predicted octanol–water partition coefficient (Wildman–Crippen LogP) is 3.12. The van der Waals surface area contributed by atoms with Gasteiger partial charge in [-0.1, -0.05) is 32.0 Å². The van der Waals surface area contributed by atoms with Gasteiger partial charge in [0.15, 0.2) is 0 Å². The molecule has 21 heavy (non-hydrogen) atoms. The molecular formula is C17H26N4. The molecule has 0 saturated heterocycles. The lowest BCUT2D eigenvalue weighted by Gasteiger charge is -2.23. The highest BCUT2D eigenvalue weighted by Gasteiger charge is 2.18. The second kappa shape index (κ2) is 6.76. The topological polar surface area (TPSA) is 47.1 Å². The Bertz CT molecular complexity index is 572. The molecule has 2 N–H and O–H groups in total. The van der Waals surface area contributed by atoms with Crippen molar-refractivity contribution in [1.82, 2.24) is 9.78 Å². The van der Waals surface area contributed by atoms with E-state index in [9.17, 15) is 0 Å². The molecule has 0 aliphatic rings. The van der Waals surface area contributed by atoms with Crippen LogP contribution in [0.25, 0.3) is 5.69 Å². The maximum atomic E-state index is 5.96. The van der Waals surface area contributed by atoms with Crippen molar-refractivity contribution >= 4 is 5.82 Å². The Balaban J connectivity index is 2.42. The number of aromatic nitrogens is 2. The summed E-state index contributed by atoms with van der Waals surface area (Å²) in [5, 5.41) is 4.69. The second-order valence-corrected chi connectivity index (χ2v) is 5.94. The number of rotatable bonds is 6. The van der Waals surface area contributed by atoms with Crippen molar-refractivity contribution in [2.24, 2.45) is 11.7 Å². The molecule has 2 rings (SSSR count). The van der Waals surface area contributed by atoms with E-state index in [1.807, 2.05) is 29.8 Å². The van der Waals surface area contributed by atoms with E-state index in [4.69, 9.17) is 10.8 Å². The van der Waals surface area contributed by atoms with Crippen molar-refractivity contribution in [3.63, 3.8) is 0 Å². The molecule has 0 radical (unpaired) electrons. The van der Waals surface area contributed by atoms with E-state index in [1.54, 1.807) is 0 Å². The number of benzene rings is 1. The maximum absolute atomic E-state index is 5.96. The summed E-state index contributed by atoms with van der Waals surface area (Å²) in [4.78, 5) is 2.27. The summed E-state index contributed by atoms with van der Waals surface area (Å²) in [7, 11) is 2.12. The standard InChI is InChI=1S/C17H26N4/c1-13(2)10-11-20(4)17-16(12-18)14(3)19-21(17)15-8-6-5-7-9-15/h5-9,13H,10-12,18H2,1-4H3. The largest absolute Gasteiger partial charge is 0.359 e. The van der Waals surface area contributed by atoms with Gasteiger partial charge in [0.2, 0.25) is 0 Å². The zero-order chi connectivity index (χ0) is 15.4. The van der Waals surface area contributed by atoms with Crippen molar-refractivity contribution in [3.8, 4) is 5.69 Å². The monoisotopic (exact) mass is 286 g/mol. The molecule has 4 heteroatoms. The van der Waals surface area contributed by atoms with Gasteiger partial charge in [-0.3, -0.25) is 0 Å². The molecule has 1 aromatic heterocycles. The zero-order valence-corrected chi connectivity index (χ0v) is 13.5. The number of hydrogen-bond donors (Lipinski definition) is 1. The van der Waals surface area contributed by atoms with Crippen LogP contribution in [-0.4, -0.2) is 23.4 Å². The van der Waals surface area contributed by atoms with E-state index >= 15 is 0 Å². The molecular weight excluding hydrogens is 260 g/mol. The van der Waals surface area contributed by atoms with Crippen LogP contribution in [0.5, 0.6) is 0 Å². The van der Waals surface area contributed by atoms with Crippen molar-refractivity contribution in [3.05, 3.63) is 41.6 Å². The molecule has 0 spiro atoms. The van der Waals surface area contributed by atoms with E-state index in [1.165, 1.54) is 0 Å². The van der Waals surface area contributed by atoms with Gasteiger partial charge >= 0.3 is 0 Å². The Kier molecular flexibility index (Phi) is 5.02. The van der Waals surface area contributed by atoms with Crippen LogP contribution in [0.3, 0.4) is 0 Å². The lowest BCUT2D eigenvalue weighted by molar-refractivity contribution is 0.580. The van der Waals surface area contributed by atoms with E-state index < -0.39 is 0 Å². The van der Waals surface area contributed by atoms with Crippen LogP contribution in [0.1, 0.15) is 31.5 Å². The van der Waals surface area contributed by atoms with Gasteiger partial charge in [-0.25, -0.2) is 4.68 Å². The van der Waals surface area contributed by atoms with E-state index in [0.29, 0.717) is 12.5 Å². The number of nitrogens with two attached hydrogens (primary N) is 1. The first-order valence-electron chi connectivity index (χ1n) is 7.59. The first-order chi connectivity index (χ1) is 10.0. The van der Waals surface area contributed by atoms with Gasteiger partial charge in [0.05, 0.1) is 11.4 Å². The third-order valence-electron chi connectivity index (χ3n) is 3.77. The summed E-state index contributed by atoms with van der Waals surface area (Å²) in [6.45, 7) is 8.04. The van der Waals surface area contributed by atoms with Crippen LogP contribution in [-0.2, 0) is 6.54 Å². The quantitative estimate of drug-likeness (QED) is 0.887. The zero-order valence-electron chi connectivity index (χ0n) is 13.5. The molecule has 114 valence electrons. The van der Waals surface area contributed by atoms with Gasteiger partial charge < -0.3 is 10.6 Å². The lowest BCUT2D eigenvalue weighted by Crippen LogP contribution is -2.24. The van der Waals surface area contributed by atoms with Crippen LogP contribution in [0.4, 0.5) is 5.82 Å². The minimum atomic E-state index is 0.514. The fourth-order valence-electron chi connectivity index (χ4n) is 2.49. The summed E-state index contributed by atoms with van der Waals surface area (Å²) < 4.78 is 2.01. The molecule has 4 nitrogen and oxygen atoms in total. The Morgan fingerprint density at radius 3 is 2.48 bits per heavy atom. The number of hydrogen-bond acceptors (Lipinski definition) is 3. The molecule has 0 unspecified atom stereocenters. The molecule has 0 amide bonds. The van der Waals surface area contributed by atoms with Gasteiger partial charge in [0.1, 0.15) is 5.82 Å². The molecule has 0 aliphatic heterocycles. The third kappa shape index (κ3) is 3.45. The van der Waals surface area contributed by atoms with Crippen LogP contribution >= 0.6 is 0 Å². The van der Waals surface area contributed by atoms with Crippen LogP contribution < -0.4 is 10.6 Å². The number of para-hydroxylation sites is 1. The molecule has 0 aliphatic carbocycles. The third-order valence-corrected chi connectivity index (χ3v) is 3.77. The highest BCUT2D eigenvalue weighted by atomic mass is 15.4. The maximum Gasteiger partial charge on any atom is 0.136 e. The summed E-state index contributed by atoms with van der Waals surface area (Å²) in [5.74, 6) is 1.80. The van der Waals surface area contributed by atoms with E-state index in [0.717, 1.165) is 35.7 Å². The average Bonchev–Trinajstić information content (AvgIpc) is 2.82. The predicted molar refractivity (Wildman–Crippen MR) is 88.9 cm³/mol. The van der Waals surface area contributed by atoms with Crippen LogP contribution in [0, 0.1) is 12.8 Å². The highest BCUT2D eigenvalue weighted by Crippen LogP contribution is 2.26. The lowest BCUT2D eigenvalue weighted by atomic mass is 10.1. The summed E-state index contributed by atoms with van der Waals surface area (Å²) in [6.07, 6.45) is 1.15. The first kappa shape index (κ1) is 15.6. The molecule has 0 atom stereocenters. The Labute approximate surface area is 127 Å². The molecule has 2 aromatic rings.